The Kier molecular flexibility index (Phi) is 4.19. The van der Waals surface area contributed by atoms with Crippen molar-refractivity contribution >= 4 is 23.2 Å². The Labute approximate surface area is 132 Å². The van der Waals surface area contributed by atoms with Crippen molar-refractivity contribution in [2.24, 2.45) is 16.6 Å². The van der Waals surface area contributed by atoms with Gasteiger partial charge in [0.05, 0.1) is 0 Å². The Morgan fingerprint density at radius 2 is 1.55 bits per heavy atom. The van der Waals surface area contributed by atoms with Crippen molar-refractivity contribution in [2.45, 2.75) is 58.9 Å². The minimum Gasteiger partial charge on any atom is -0.325 e. The molecule has 0 spiro atoms. The van der Waals surface area contributed by atoms with Crippen LogP contribution in [0.3, 0.4) is 0 Å². The van der Waals surface area contributed by atoms with E-state index in [-0.39, 0.29) is 16.4 Å². The van der Waals surface area contributed by atoms with Gasteiger partial charge in [0.2, 0.25) is 0 Å². The van der Waals surface area contributed by atoms with E-state index in [1.807, 2.05) is 12.1 Å². The van der Waals surface area contributed by atoms with E-state index in [9.17, 15) is 0 Å². The molecule has 20 heavy (non-hydrogen) atoms. The molecule has 1 nitrogen and oxygen atoms in total. The van der Waals surface area contributed by atoms with Crippen LogP contribution >= 0.6 is 23.2 Å². The molecule has 1 saturated carbocycles. The topological polar surface area (TPSA) is 26.0 Å². The monoisotopic (exact) mass is 313 g/mol. The first-order valence-corrected chi connectivity index (χ1v) is 7.99. The SMILES string of the molecule is CC1(C)CC(C)(C)CC(N)(Cc2ccc(Cl)cc2Cl)C1. The van der Waals surface area contributed by atoms with Crippen LogP contribution < -0.4 is 5.73 Å². The highest BCUT2D eigenvalue weighted by Crippen LogP contribution is 2.50. The van der Waals surface area contributed by atoms with Crippen molar-refractivity contribution in [2.75, 3.05) is 0 Å². The van der Waals surface area contributed by atoms with E-state index in [0.29, 0.717) is 5.02 Å². The molecule has 0 saturated heterocycles. The average Bonchev–Trinajstić information content (AvgIpc) is 2.16. The summed E-state index contributed by atoms with van der Waals surface area (Å²) in [6, 6.07) is 5.71. The summed E-state index contributed by atoms with van der Waals surface area (Å²) in [5, 5.41) is 1.40. The predicted molar refractivity (Wildman–Crippen MR) is 88.5 cm³/mol. The Morgan fingerprint density at radius 1 is 1.00 bits per heavy atom. The predicted octanol–water partition coefficient (Wildman–Crippen LogP) is 5.47. The zero-order chi connectivity index (χ0) is 15.2. The molecule has 1 fully saturated rings. The molecule has 2 rings (SSSR count). The van der Waals surface area contributed by atoms with Gasteiger partial charge >= 0.3 is 0 Å². The van der Waals surface area contributed by atoms with Gasteiger partial charge in [-0.2, -0.15) is 0 Å². The summed E-state index contributed by atoms with van der Waals surface area (Å²) in [6.07, 6.45) is 4.09. The number of hydrogen-bond acceptors (Lipinski definition) is 1. The Balaban J connectivity index is 2.26. The molecule has 0 aromatic heterocycles. The molecule has 112 valence electrons. The van der Waals surface area contributed by atoms with Gasteiger partial charge in [-0.05, 0) is 54.2 Å². The normalized spacial score (nSPS) is 23.6. The van der Waals surface area contributed by atoms with Gasteiger partial charge in [-0.25, -0.2) is 0 Å². The van der Waals surface area contributed by atoms with Gasteiger partial charge in [0, 0.05) is 15.6 Å². The third-order valence-electron chi connectivity index (χ3n) is 4.18. The third-order valence-corrected chi connectivity index (χ3v) is 4.76. The first-order valence-electron chi connectivity index (χ1n) is 7.23. The van der Waals surface area contributed by atoms with E-state index in [4.69, 9.17) is 28.9 Å². The van der Waals surface area contributed by atoms with Crippen molar-refractivity contribution in [3.8, 4) is 0 Å². The third kappa shape index (κ3) is 3.90. The van der Waals surface area contributed by atoms with Crippen LogP contribution in [0, 0.1) is 10.8 Å². The van der Waals surface area contributed by atoms with Gasteiger partial charge in [0.15, 0.2) is 0 Å². The molecule has 0 amide bonds. The van der Waals surface area contributed by atoms with E-state index in [2.05, 4.69) is 27.7 Å². The minimum atomic E-state index is -0.192. The van der Waals surface area contributed by atoms with Gasteiger partial charge in [0.1, 0.15) is 0 Å². The summed E-state index contributed by atoms with van der Waals surface area (Å²) in [7, 11) is 0. The maximum absolute atomic E-state index is 6.76. The number of halogens is 2. The van der Waals surface area contributed by atoms with Crippen molar-refractivity contribution in [3.63, 3.8) is 0 Å². The van der Waals surface area contributed by atoms with Gasteiger partial charge in [0.25, 0.3) is 0 Å². The molecule has 1 aliphatic rings. The molecular formula is C17H25Cl2N. The van der Waals surface area contributed by atoms with E-state index in [1.165, 1.54) is 6.42 Å². The highest BCUT2D eigenvalue weighted by Gasteiger charge is 2.45. The van der Waals surface area contributed by atoms with Gasteiger partial charge < -0.3 is 5.73 Å². The second-order valence-electron chi connectivity index (χ2n) is 8.13. The van der Waals surface area contributed by atoms with Gasteiger partial charge in [-0.1, -0.05) is 57.0 Å². The zero-order valence-corrected chi connectivity index (χ0v) is 14.4. The van der Waals surface area contributed by atoms with E-state index in [1.54, 1.807) is 6.07 Å². The Bertz CT molecular complexity index is 490. The average molecular weight is 314 g/mol. The number of hydrogen-bond donors (Lipinski definition) is 1. The van der Waals surface area contributed by atoms with Crippen LogP contribution in [0.1, 0.15) is 52.5 Å². The van der Waals surface area contributed by atoms with E-state index in [0.717, 1.165) is 29.8 Å². The maximum atomic E-state index is 6.76. The molecule has 0 aliphatic heterocycles. The number of benzene rings is 1. The maximum Gasteiger partial charge on any atom is 0.0453 e. The van der Waals surface area contributed by atoms with Crippen LogP contribution in [0.25, 0.3) is 0 Å². The quantitative estimate of drug-likeness (QED) is 0.769. The van der Waals surface area contributed by atoms with E-state index >= 15 is 0 Å². The zero-order valence-electron chi connectivity index (χ0n) is 12.9. The van der Waals surface area contributed by atoms with Crippen LogP contribution in [0.5, 0.6) is 0 Å². The minimum absolute atomic E-state index is 0.192. The molecule has 1 aliphatic carbocycles. The lowest BCUT2D eigenvalue weighted by molar-refractivity contribution is 0.0487. The molecule has 1 aromatic rings. The second kappa shape index (κ2) is 5.19. The van der Waals surface area contributed by atoms with Crippen LogP contribution in [-0.2, 0) is 6.42 Å². The Morgan fingerprint density at radius 3 is 2.05 bits per heavy atom. The molecule has 1 aromatic carbocycles. The summed E-state index contributed by atoms with van der Waals surface area (Å²) in [5.41, 5.74) is 8.22. The molecular weight excluding hydrogens is 289 g/mol. The number of nitrogens with two attached hydrogens (primary N) is 1. The fourth-order valence-electron chi connectivity index (χ4n) is 4.56. The van der Waals surface area contributed by atoms with Gasteiger partial charge in [-0.15, -0.1) is 0 Å². The van der Waals surface area contributed by atoms with Crippen molar-refractivity contribution in [1.82, 2.24) is 0 Å². The van der Waals surface area contributed by atoms with Crippen LogP contribution in [0.15, 0.2) is 18.2 Å². The molecule has 0 unspecified atom stereocenters. The summed E-state index contributed by atoms with van der Waals surface area (Å²) in [5.74, 6) is 0. The largest absolute Gasteiger partial charge is 0.325 e. The summed E-state index contributed by atoms with van der Waals surface area (Å²) >= 11 is 12.3. The highest BCUT2D eigenvalue weighted by atomic mass is 35.5. The second-order valence-corrected chi connectivity index (χ2v) is 8.98. The highest BCUT2D eigenvalue weighted by molar-refractivity contribution is 6.35. The fourth-order valence-corrected chi connectivity index (χ4v) is 5.03. The van der Waals surface area contributed by atoms with Crippen LogP contribution in [0.4, 0.5) is 0 Å². The molecule has 2 N–H and O–H groups in total. The first kappa shape index (κ1) is 16.1. The molecule has 3 heteroatoms. The van der Waals surface area contributed by atoms with Crippen LogP contribution in [0.2, 0.25) is 10.0 Å². The van der Waals surface area contributed by atoms with Crippen molar-refractivity contribution in [1.29, 1.82) is 0 Å². The lowest BCUT2D eigenvalue weighted by atomic mass is 9.57. The first-order chi connectivity index (χ1) is 9.00. The summed E-state index contributed by atoms with van der Waals surface area (Å²) in [4.78, 5) is 0. The summed E-state index contributed by atoms with van der Waals surface area (Å²) < 4.78 is 0. The molecule has 0 heterocycles. The molecule has 0 atom stereocenters. The van der Waals surface area contributed by atoms with Gasteiger partial charge in [-0.3, -0.25) is 0 Å². The standard InChI is InChI=1S/C17H25Cl2N/c1-15(2)9-16(3,4)11-17(20,10-15)8-12-5-6-13(18)7-14(12)19/h5-7H,8-11,20H2,1-4H3. The van der Waals surface area contributed by atoms with E-state index < -0.39 is 0 Å². The number of rotatable bonds is 2. The lowest BCUT2D eigenvalue weighted by Crippen LogP contribution is -2.53. The fraction of sp³-hybridized carbons (Fsp3) is 0.647. The molecule has 0 radical (unpaired) electrons. The lowest BCUT2D eigenvalue weighted by Gasteiger charge is -2.50. The molecule has 0 bridgehead atoms. The van der Waals surface area contributed by atoms with Crippen molar-refractivity contribution in [3.05, 3.63) is 33.8 Å². The summed E-state index contributed by atoms with van der Waals surface area (Å²) in [6.45, 7) is 9.27. The van der Waals surface area contributed by atoms with Crippen molar-refractivity contribution < 1.29 is 0 Å². The smallest absolute Gasteiger partial charge is 0.0453 e. The van der Waals surface area contributed by atoms with Crippen LogP contribution in [-0.4, -0.2) is 5.54 Å². The Hall–Kier alpha value is -0.240.